The van der Waals surface area contributed by atoms with E-state index in [0.29, 0.717) is 32.5 Å². The van der Waals surface area contributed by atoms with E-state index < -0.39 is 17.5 Å². The fourth-order valence-corrected chi connectivity index (χ4v) is 3.07. The number of nitrogens with zero attached hydrogens (tertiary/aromatic N) is 1. The minimum Gasteiger partial charge on any atom is -0.481 e. The average Bonchev–Trinajstić information content (AvgIpc) is 2.55. The number of rotatable bonds is 5. The maximum absolute atomic E-state index is 12.3. The van der Waals surface area contributed by atoms with Gasteiger partial charge >= 0.3 is 5.97 Å². The van der Waals surface area contributed by atoms with Gasteiger partial charge in [-0.25, -0.2) is 0 Å². The Morgan fingerprint density at radius 1 is 1.27 bits per heavy atom. The van der Waals surface area contributed by atoms with Crippen LogP contribution in [0.2, 0.25) is 0 Å². The van der Waals surface area contributed by atoms with Crippen LogP contribution >= 0.6 is 0 Å². The number of piperidine rings is 1. The predicted molar refractivity (Wildman–Crippen MR) is 82.7 cm³/mol. The summed E-state index contributed by atoms with van der Waals surface area (Å²) < 4.78 is 5.33. The summed E-state index contributed by atoms with van der Waals surface area (Å²) in [5.41, 5.74) is -0.0835. The van der Waals surface area contributed by atoms with Crippen molar-refractivity contribution in [1.29, 1.82) is 0 Å². The second-order valence-electron chi connectivity index (χ2n) is 5.68. The number of carbonyl (C=O) groups is 2. The fourth-order valence-electron chi connectivity index (χ4n) is 3.07. The highest BCUT2D eigenvalue weighted by Gasteiger charge is 2.44. The zero-order chi connectivity index (χ0) is 16.2. The van der Waals surface area contributed by atoms with Crippen molar-refractivity contribution in [3.05, 3.63) is 35.9 Å². The molecule has 120 valence electrons. The number of hydrogen-bond acceptors (Lipinski definition) is 3. The molecule has 0 aromatic heterocycles. The summed E-state index contributed by atoms with van der Waals surface area (Å²) in [6, 6.07) is 9.30. The van der Waals surface area contributed by atoms with E-state index in [0.717, 1.165) is 5.56 Å². The Kier molecular flexibility index (Phi) is 5.19. The molecule has 0 aliphatic carbocycles. The Labute approximate surface area is 130 Å². The lowest BCUT2D eigenvalue weighted by Crippen LogP contribution is -2.51. The maximum Gasteiger partial charge on any atom is 0.314 e. The van der Waals surface area contributed by atoms with Gasteiger partial charge in [-0.3, -0.25) is 9.59 Å². The molecule has 5 heteroatoms. The van der Waals surface area contributed by atoms with Crippen molar-refractivity contribution in [1.82, 2.24) is 4.90 Å². The zero-order valence-corrected chi connectivity index (χ0v) is 13.1. The third-order valence-corrected chi connectivity index (χ3v) is 4.43. The molecular formula is C17H23NO4. The first-order chi connectivity index (χ1) is 10.5. The number of ether oxygens (including phenoxy) is 1. The lowest BCUT2D eigenvalue weighted by molar-refractivity contribution is -0.151. The Morgan fingerprint density at radius 3 is 2.36 bits per heavy atom. The fraction of sp³-hybridized carbons (Fsp3) is 0.529. The van der Waals surface area contributed by atoms with Crippen LogP contribution in [0.4, 0.5) is 0 Å². The SMILES string of the molecule is CCOC(C)C(=O)N1CCC(C(=O)O)(c2ccccc2)CC1. The molecular weight excluding hydrogens is 282 g/mol. The minimum absolute atomic E-state index is 0.0612. The minimum atomic E-state index is -0.896. The first-order valence-electron chi connectivity index (χ1n) is 7.70. The molecule has 1 aromatic carbocycles. The molecule has 0 bridgehead atoms. The second-order valence-corrected chi connectivity index (χ2v) is 5.68. The molecule has 0 spiro atoms. The van der Waals surface area contributed by atoms with E-state index in [1.165, 1.54) is 0 Å². The summed E-state index contributed by atoms with van der Waals surface area (Å²) in [6.45, 7) is 4.96. The second kappa shape index (κ2) is 6.92. The molecule has 22 heavy (non-hydrogen) atoms. The van der Waals surface area contributed by atoms with E-state index >= 15 is 0 Å². The Balaban J connectivity index is 2.11. The number of amides is 1. The molecule has 5 nitrogen and oxygen atoms in total. The van der Waals surface area contributed by atoms with Gasteiger partial charge in [-0.1, -0.05) is 30.3 Å². The lowest BCUT2D eigenvalue weighted by atomic mass is 9.73. The summed E-state index contributed by atoms with van der Waals surface area (Å²) >= 11 is 0. The Hall–Kier alpha value is -1.88. The molecule has 0 radical (unpaired) electrons. The van der Waals surface area contributed by atoms with Gasteiger partial charge < -0.3 is 14.7 Å². The number of benzene rings is 1. The van der Waals surface area contributed by atoms with E-state index in [1.54, 1.807) is 11.8 Å². The number of carboxylic acid groups (broad SMARTS) is 1. The van der Waals surface area contributed by atoms with Crippen molar-refractivity contribution in [3.8, 4) is 0 Å². The molecule has 1 N–H and O–H groups in total. The Bertz CT molecular complexity index is 521. The number of aliphatic carboxylic acids is 1. The highest BCUT2D eigenvalue weighted by atomic mass is 16.5. The van der Waals surface area contributed by atoms with E-state index in [-0.39, 0.29) is 5.91 Å². The third kappa shape index (κ3) is 3.14. The molecule has 1 aliphatic heterocycles. The molecule has 2 rings (SSSR count). The number of carboxylic acids is 1. The van der Waals surface area contributed by atoms with Crippen molar-refractivity contribution in [2.45, 2.75) is 38.2 Å². The van der Waals surface area contributed by atoms with Gasteiger partial charge in [0.1, 0.15) is 6.10 Å². The summed E-state index contributed by atoms with van der Waals surface area (Å²) in [4.78, 5) is 25.8. The molecule has 0 saturated carbocycles. The van der Waals surface area contributed by atoms with Gasteiger partial charge in [0.2, 0.25) is 0 Å². The van der Waals surface area contributed by atoms with Crippen LogP contribution in [0.1, 0.15) is 32.3 Å². The predicted octanol–water partition coefficient (Wildman–Crippen LogP) is 2.06. The topological polar surface area (TPSA) is 66.8 Å². The van der Waals surface area contributed by atoms with Gasteiger partial charge in [-0.2, -0.15) is 0 Å². The van der Waals surface area contributed by atoms with Crippen LogP contribution in [0.3, 0.4) is 0 Å². The van der Waals surface area contributed by atoms with Crippen molar-refractivity contribution >= 4 is 11.9 Å². The van der Waals surface area contributed by atoms with Gasteiger partial charge in [0.05, 0.1) is 5.41 Å². The summed E-state index contributed by atoms with van der Waals surface area (Å²) in [7, 11) is 0. The van der Waals surface area contributed by atoms with Crippen LogP contribution in [0.25, 0.3) is 0 Å². The zero-order valence-electron chi connectivity index (χ0n) is 13.1. The van der Waals surface area contributed by atoms with Crippen molar-refractivity contribution < 1.29 is 19.4 Å². The standard InChI is InChI=1S/C17H23NO4/c1-3-22-13(2)15(19)18-11-9-17(10-12-18,16(20)21)14-7-5-4-6-8-14/h4-8,13H,3,9-12H2,1-2H3,(H,20,21). The van der Waals surface area contributed by atoms with Crippen LogP contribution in [-0.4, -0.2) is 47.7 Å². The Morgan fingerprint density at radius 2 is 1.86 bits per heavy atom. The van der Waals surface area contributed by atoms with Gasteiger partial charge in [0.15, 0.2) is 0 Å². The summed E-state index contributed by atoms with van der Waals surface area (Å²) in [6.07, 6.45) is 0.382. The van der Waals surface area contributed by atoms with Gasteiger partial charge in [-0.05, 0) is 32.3 Å². The molecule has 1 amide bonds. The molecule has 1 saturated heterocycles. The van der Waals surface area contributed by atoms with Crippen molar-refractivity contribution in [3.63, 3.8) is 0 Å². The number of carbonyl (C=O) groups excluding carboxylic acids is 1. The third-order valence-electron chi connectivity index (χ3n) is 4.43. The molecule has 1 aliphatic rings. The van der Waals surface area contributed by atoms with Gasteiger partial charge in [-0.15, -0.1) is 0 Å². The average molecular weight is 305 g/mol. The van der Waals surface area contributed by atoms with Crippen LogP contribution in [0, 0.1) is 0 Å². The van der Waals surface area contributed by atoms with E-state index in [9.17, 15) is 14.7 Å². The molecule has 1 aromatic rings. The van der Waals surface area contributed by atoms with Crippen LogP contribution in [-0.2, 0) is 19.7 Å². The van der Waals surface area contributed by atoms with E-state index in [1.807, 2.05) is 37.3 Å². The van der Waals surface area contributed by atoms with Gasteiger partial charge in [0.25, 0.3) is 5.91 Å². The molecule has 1 atom stereocenters. The first-order valence-corrected chi connectivity index (χ1v) is 7.70. The monoisotopic (exact) mass is 305 g/mol. The molecule has 1 fully saturated rings. The quantitative estimate of drug-likeness (QED) is 0.904. The largest absolute Gasteiger partial charge is 0.481 e. The lowest BCUT2D eigenvalue weighted by Gasteiger charge is -2.39. The number of hydrogen-bond donors (Lipinski definition) is 1. The van der Waals surface area contributed by atoms with Crippen molar-refractivity contribution in [2.24, 2.45) is 0 Å². The normalized spacial score (nSPS) is 18.7. The molecule has 1 unspecified atom stereocenters. The summed E-state index contributed by atoms with van der Waals surface area (Å²) in [5.74, 6) is -0.877. The summed E-state index contributed by atoms with van der Waals surface area (Å²) in [5, 5.41) is 9.73. The van der Waals surface area contributed by atoms with E-state index in [4.69, 9.17) is 4.74 Å². The van der Waals surface area contributed by atoms with Crippen molar-refractivity contribution in [2.75, 3.05) is 19.7 Å². The van der Waals surface area contributed by atoms with Gasteiger partial charge in [0, 0.05) is 19.7 Å². The first kappa shape index (κ1) is 16.5. The van der Waals surface area contributed by atoms with Crippen LogP contribution < -0.4 is 0 Å². The highest BCUT2D eigenvalue weighted by Crippen LogP contribution is 2.36. The molecule has 1 heterocycles. The number of likely N-dealkylation sites (tertiary alicyclic amines) is 1. The van der Waals surface area contributed by atoms with Crippen LogP contribution in [0.15, 0.2) is 30.3 Å². The van der Waals surface area contributed by atoms with E-state index in [2.05, 4.69) is 0 Å². The maximum atomic E-state index is 12.3. The highest BCUT2D eigenvalue weighted by molar-refractivity contribution is 5.84. The van der Waals surface area contributed by atoms with Crippen LogP contribution in [0.5, 0.6) is 0 Å². The smallest absolute Gasteiger partial charge is 0.314 e.